The summed E-state index contributed by atoms with van der Waals surface area (Å²) in [5.74, 6) is 1.62. The second kappa shape index (κ2) is 18.4. The van der Waals surface area contributed by atoms with Gasteiger partial charge in [0.25, 0.3) is 0 Å². The largest absolute Gasteiger partial charge is 0.246 e. The summed E-state index contributed by atoms with van der Waals surface area (Å²) in [5.41, 5.74) is 5.36. The van der Waals surface area contributed by atoms with Crippen molar-refractivity contribution in [2.24, 2.45) is 11.8 Å². The molecule has 5 nitrogen and oxygen atoms in total. The number of allylic oxidation sites excluding steroid dienone is 4. The fraction of sp³-hybridized carbons (Fsp3) is 0.0652. The van der Waals surface area contributed by atoms with E-state index < -0.39 is 27.7 Å². The minimum absolute atomic E-state index is 0. The molecule has 279 valence electrons. The van der Waals surface area contributed by atoms with Crippen molar-refractivity contribution < 1.29 is 27.9 Å². The second-order valence-corrected chi connectivity index (χ2v) is 17.2. The molecule has 0 saturated heterocycles. The van der Waals surface area contributed by atoms with Crippen LogP contribution in [0, 0.1) is 11.8 Å². The summed E-state index contributed by atoms with van der Waals surface area (Å²) < 4.78 is 25.3. The van der Waals surface area contributed by atoms with Gasteiger partial charge in [-0.05, 0) is 54.7 Å². The fourth-order valence-corrected chi connectivity index (χ4v) is 10.4. The Morgan fingerprint density at radius 2 is 0.714 bits per heavy atom. The topological polar surface area (TPSA) is 72.8 Å². The van der Waals surface area contributed by atoms with Crippen molar-refractivity contribution in [1.29, 1.82) is 0 Å². The Bertz CT molecular complexity index is 2240. The Kier molecular flexibility index (Phi) is 12.9. The van der Waals surface area contributed by atoms with Gasteiger partial charge in [0.1, 0.15) is 57.9 Å². The summed E-state index contributed by atoms with van der Waals surface area (Å²) in [5, 5.41) is 2.87. The molecule has 1 radical (unpaired) electrons. The smallest absolute Gasteiger partial charge is 0.135 e. The number of nitrogens with zero attached hydrogens (tertiary/aromatic N) is 3. The third-order valence-electron chi connectivity index (χ3n) is 10.0. The molecule has 4 aromatic carbocycles. The van der Waals surface area contributed by atoms with Crippen molar-refractivity contribution in [2.75, 3.05) is 0 Å². The Morgan fingerprint density at radius 3 is 1.02 bits per heavy atom. The molecule has 56 heavy (non-hydrogen) atoms. The van der Waals surface area contributed by atoms with Crippen LogP contribution in [0.4, 0.5) is 0 Å². The standard InChI is InChI=1S/C24H20B.C15H9N3O2S3.C7H8.Rh/c1-5-13-21(14-6-1)25(22-15-7-2-8-16-22,23-17-9-3-10-18-23)24-19-11-4-12-20-24;19-22-12-6-1-4-10(16-12)21-11-5-2-7-13(17-11)23(20)15-9-3-8-14(22)18-15;1-2-7-4-3-6(1)5-7;/h1-20H;1-9H;1-4,6-7H,5H2;/q-1;;;/t;22-,23+;;. The molecule has 0 unspecified atom stereocenters. The van der Waals surface area contributed by atoms with E-state index in [1.54, 1.807) is 42.5 Å². The summed E-state index contributed by atoms with van der Waals surface area (Å²) >= 11 is 1.34. The van der Waals surface area contributed by atoms with Crippen LogP contribution in [-0.4, -0.2) is 29.5 Å². The molecule has 2 aliphatic carbocycles. The van der Waals surface area contributed by atoms with Crippen LogP contribution >= 0.6 is 11.8 Å². The maximum Gasteiger partial charge on any atom is 0.135 e. The van der Waals surface area contributed by atoms with Gasteiger partial charge in [0, 0.05) is 19.5 Å². The van der Waals surface area contributed by atoms with E-state index in [0.717, 1.165) is 11.8 Å². The first kappa shape index (κ1) is 39.4. The van der Waals surface area contributed by atoms with Crippen molar-refractivity contribution in [1.82, 2.24) is 15.0 Å². The molecule has 0 spiro atoms. The number of rotatable bonds is 4. The molecule has 0 fully saturated rings. The molecule has 1 aliphatic heterocycles. The van der Waals surface area contributed by atoms with E-state index in [9.17, 15) is 8.42 Å². The van der Waals surface area contributed by atoms with Crippen molar-refractivity contribution >= 4 is 61.4 Å². The summed E-state index contributed by atoms with van der Waals surface area (Å²) in [7, 11) is -3.03. The molecule has 3 aromatic heterocycles. The van der Waals surface area contributed by atoms with Crippen molar-refractivity contribution in [3.05, 3.63) is 200 Å². The van der Waals surface area contributed by atoms with Gasteiger partial charge in [-0.25, -0.2) is 23.4 Å². The van der Waals surface area contributed by atoms with Crippen LogP contribution in [-0.2, 0) is 41.1 Å². The van der Waals surface area contributed by atoms with E-state index in [0.29, 0.717) is 30.2 Å². The van der Waals surface area contributed by atoms with Gasteiger partial charge in [-0.15, -0.1) is 0 Å². The van der Waals surface area contributed by atoms with E-state index >= 15 is 0 Å². The molecule has 0 amide bonds. The predicted molar refractivity (Wildman–Crippen MR) is 226 cm³/mol. The molecule has 4 heterocycles. The van der Waals surface area contributed by atoms with Gasteiger partial charge in [-0.3, -0.25) is 0 Å². The second-order valence-electron chi connectivity index (χ2n) is 13.4. The summed E-state index contributed by atoms with van der Waals surface area (Å²) in [6.45, 7) is 0. The van der Waals surface area contributed by atoms with Crippen LogP contribution in [0.2, 0.25) is 0 Å². The van der Waals surface area contributed by atoms with Crippen molar-refractivity contribution in [2.45, 2.75) is 36.6 Å². The molecular weight excluding hydrogens is 836 g/mol. The van der Waals surface area contributed by atoms with Crippen molar-refractivity contribution in [3.8, 4) is 0 Å². The van der Waals surface area contributed by atoms with Gasteiger partial charge in [-0.1, -0.05) is 176 Å². The summed E-state index contributed by atoms with van der Waals surface area (Å²) in [6, 6.07) is 59.2. The van der Waals surface area contributed by atoms with Gasteiger partial charge < -0.3 is 0 Å². The van der Waals surface area contributed by atoms with Crippen LogP contribution in [0.25, 0.3) is 0 Å². The molecule has 8 bridgehead atoms. The number of aromatic nitrogens is 3. The van der Waals surface area contributed by atoms with Crippen LogP contribution in [0.5, 0.6) is 0 Å². The summed E-state index contributed by atoms with van der Waals surface area (Å²) in [6.07, 6.45) is 9.33. The maximum atomic E-state index is 12.7. The molecule has 7 aromatic rings. The van der Waals surface area contributed by atoms with Crippen LogP contribution in [0.3, 0.4) is 0 Å². The average molecular weight is 874 g/mol. The quantitative estimate of drug-likeness (QED) is 0.135. The molecule has 3 aliphatic rings. The van der Waals surface area contributed by atoms with E-state index in [-0.39, 0.29) is 19.5 Å². The van der Waals surface area contributed by atoms with Crippen LogP contribution in [0.1, 0.15) is 6.42 Å². The average Bonchev–Trinajstić information content (AvgIpc) is 3.93. The molecular formula is C46H37BN3O2RhS3-. The molecule has 0 N–H and O–H groups in total. The van der Waals surface area contributed by atoms with Gasteiger partial charge in [0.05, 0.1) is 0 Å². The van der Waals surface area contributed by atoms with Gasteiger partial charge >= 0.3 is 0 Å². The van der Waals surface area contributed by atoms with Gasteiger partial charge in [-0.2, -0.15) is 21.9 Å². The first-order valence-electron chi connectivity index (χ1n) is 18.2. The summed E-state index contributed by atoms with van der Waals surface area (Å²) in [4.78, 5) is 13.1. The normalized spacial score (nSPS) is 18.4. The molecule has 2 atom stereocenters. The Labute approximate surface area is 350 Å². The number of benzene rings is 4. The SMILES string of the molecule is C1=CC2C=CC1C2.O=[S@@]1c2cccc(n2)Sc2cccc(n2)[S@](=O)c2cccc1n2.[Rh].c1ccc([B-](c2ccccc2)(c2ccccc2)c2ccccc2)cc1. The van der Waals surface area contributed by atoms with Gasteiger partial charge in [0.15, 0.2) is 0 Å². The molecule has 10 rings (SSSR count). The monoisotopic (exact) mass is 873 g/mol. The van der Waals surface area contributed by atoms with Gasteiger partial charge in [0.2, 0.25) is 0 Å². The van der Waals surface area contributed by atoms with E-state index in [1.807, 2.05) is 12.1 Å². The molecule has 0 saturated carbocycles. The zero-order valence-corrected chi connectivity index (χ0v) is 34.3. The molecule has 10 heteroatoms. The third-order valence-corrected chi connectivity index (χ3v) is 13.3. The Morgan fingerprint density at radius 1 is 0.411 bits per heavy atom. The third kappa shape index (κ3) is 8.59. The maximum absolute atomic E-state index is 12.7. The Balaban J connectivity index is 0.000000144. The minimum atomic E-state index is -1.52. The van der Waals surface area contributed by atoms with Crippen LogP contribution in [0.15, 0.2) is 230 Å². The fourth-order valence-electron chi connectivity index (χ4n) is 7.49. The Hall–Kier alpha value is -4.85. The van der Waals surface area contributed by atoms with Crippen molar-refractivity contribution in [3.63, 3.8) is 0 Å². The zero-order chi connectivity index (χ0) is 37.5. The number of fused-ring (bicyclic) bond motifs is 8. The number of hydrogen-bond donors (Lipinski definition) is 0. The zero-order valence-electron chi connectivity index (χ0n) is 30.2. The first-order chi connectivity index (χ1) is 27.1. The van der Waals surface area contributed by atoms with E-state index in [4.69, 9.17) is 0 Å². The number of pyridine rings is 3. The van der Waals surface area contributed by atoms with Crippen LogP contribution < -0.4 is 21.9 Å². The van der Waals surface area contributed by atoms with E-state index in [2.05, 4.69) is 161 Å². The number of hydrogen-bond acceptors (Lipinski definition) is 6. The van der Waals surface area contributed by atoms with E-state index in [1.165, 1.54) is 40.0 Å². The first-order valence-corrected chi connectivity index (χ1v) is 21.4. The predicted octanol–water partition coefficient (Wildman–Crippen LogP) is 7.48. The minimum Gasteiger partial charge on any atom is -0.246 e.